The molecule has 3 aromatic carbocycles. The van der Waals surface area contributed by atoms with Gasteiger partial charge < -0.3 is 15.6 Å². The van der Waals surface area contributed by atoms with Gasteiger partial charge in [0.2, 0.25) is 0 Å². The molecule has 0 aliphatic heterocycles. The van der Waals surface area contributed by atoms with E-state index in [0.29, 0.717) is 34.7 Å². The summed E-state index contributed by atoms with van der Waals surface area (Å²) in [5, 5.41) is 15.4. The Balaban J connectivity index is 1.38. The number of aryl methyl sites for hydroxylation is 2. The molecule has 5 aromatic rings. The zero-order chi connectivity index (χ0) is 25.9. The van der Waals surface area contributed by atoms with Crippen molar-refractivity contribution in [3.8, 4) is 11.3 Å². The van der Waals surface area contributed by atoms with Crippen LogP contribution in [0.5, 0.6) is 0 Å². The molecule has 1 atom stereocenters. The van der Waals surface area contributed by atoms with Crippen molar-refractivity contribution >= 4 is 40.1 Å². The molecular formula is C28H26Cl2N6O. The Morgan fingerprint density at radius 2 is 1.81 bits per heavy atom. The zero-order valence-corrected chi connectivity index (χ0v) is 21.9. The van der Waals surface area contributed by atoms with Crippen molar-refractivity contribution in [2.45, 2.75) is 32.9 Å². The van der Waals surface area contributed by atoms with Crippen molar-refractivity contribution in [2.75, 3.05) is 0 Å². The summed E-state index contributed by atoms with van der Waals surface area (Å²) in [6.45, 7) is 4.27. The van der Waals surface area contributed by atoms with Crippen LogP contribution < -0.4 is 10.6 Å². The van der Waals surface area contributed by atoms with Gasteiger partial charge in [-0.05, 0) is 49.1 Å². The van der Waals surface area contributed by atoms with E-state index in [-0.39, 0.29) is 6.03 Å². The SMILES string of the molecule is Cc1ccc(CNC(=O)N[C@@H](Cc2ccccc2)c2nc(-c3ccc4c(C)[nH]nc4c3)c(Cl)[nH]2)cc1Cl. The second-order valence-electron chi connectivity index (χ2n) is 9.02. The van der Waals surface area contributed by atoms with E-state index in [2.05, 4.69) is 25.8 Å². The molecule has 0 bridgehead atoms. The third-order valence-corrected chi connectivity index (χ3v) is 6.99. The molecule has 0 saturated carbocycles. The Morgan fingerprint density at radius 1 is 1.00 bits per heavy atom. The van der Waals surface area contributed by atoms with Gasteiger partial charge in [0.1, 0.15) is 16.7 Å². The molecule has 2 aromatic heterocycles. The number of halogens is 2. The maximum Gasteiger partial charge on any atom is 0.315 e. The number of carbonyl (C=O) groups is 1. The Hall–Kier alpha value is -3.81. The lowest BCUT2D eigenvalue weighted by atomic mass is 10.1. The highest BCUT2D eigenvalue weighted by molar-refractivity contribution is 6.32. The lowest BCUT2D eigenvalue weighted by molar-refractivity contribution is 0.236. The third-order valence-electron chi connectivity index (χ3n) is 6.30. The van der Waals surface area contributed by atoms with Crippen molar-refractivity contribution in [3.63, 3.8) is 0 Å². The van der Waals surface area contributed by atoms with Crippen molar-refractivity contribution in [3.05, 3.63) is 105 Å². The van der Waals surface area contributed by atoms with Crippen LogP contribution in [0.1, 0.15) is 34.3 Å². The lowest BCUT2D eigenvalue weighted by Crippen LogP contribution is -2.38. The molecule has 0 fully saturated rings. The number of imidazole rings is 1. The van der Waals surface area contributed by atoms with Crippen LogP contribution in [0.4, 0.5) is 4.79 Å². The van der Waals surface area contributed by atoms with Gasteiger partial charge in [0.25, 0.3) is 0 Å². The van der Waals surface area contributed by atoms with Crippen LogP contribution in [-0.2, 0) is 13.0 Å². The van der Waals surface area contributed by atoms with Crippen molar-refractivity contribution in [2.24, 2.45) is 0 Å². The average molecular weight is 533 g/mol. The fourth-order valence-electron chi connectivity index (χ4n) is 4.22. The predicted molar refractivity (Wildman–Crippen MR) is 148 cm³/mol. The van der Waals surface area contributed by atoms with Gasteiger partial charge in [0.15, 0.2) is 0 Å². The molecule has 7 nitrogen and oxygen atoms in total. The number of fused-ring (bicyclic) bond motifs is 1. The van der Waals surface area contributed by atoms with Crippen LogP contribution in [0.2, 0.25) is 10.2 Å². The summed E-state index contributed by atoms with van der Waals surface area (Å²) < 4.78 is 0. The Kier molecular flexibility index (Phi) is 7.17. The number of nitrogens with zero attached hydrogens (tertiary/aromatic N) is 2. The molecule has 5 rings (SSSR count). The summed E-state index contributed by atoms with van der Waals surface area (Å²) in [4.78, 5) is 20.9. The summed E-state index contributed by atoms with van der Waals surface area (Å²) in [5.74, 6) is 0.565. The van der Waals surface area contributed by atoms with E-state index in [4.69, 9.17) is 28.2 Å². The number of H-pyrrole nitrogens is 2. The summed E-state index contributed by atoms with van der Waals surface area (Å²) in [5.41, 5.74) is 6.24. The summed E-state index contributed by atoms with van der Waals surface area (Å²) in [6.07, 6.45) is 0.533. The lowest BCUT2D eigenvalue weighted by Gasteiger charge is -2.18. The number of rotatable bonds is 7. The van der Waals surface area contributed by atoms with Gasteiger partial charge in [-0.3, -0.25) is 5.10 Å². The first-order chi connectivity index (χ1) is 17.9. The predicted octanol–water partition coefficient (Wildman–Crippen LogP) is 6.66. The molecule has 4 N–H and O–H groups in total. The first kappa shape index (κ1) is 24.9. The molecule has 2 heterocycles. The van der Waals surface area contributed by atoms with Gasteiger partial charge in [-0.1, -0.05) is 77.8 Å². The highest BCUT2D eigenvalue weighted by Crippen LogP contribution is 2.31. The van der Waals surface area contributed by atoms with Gasteiger partial charge in [-0.25, -0.2) is 9.78 Å². The molecule has 0 aliphatic rings. The number of aromatic amines is 2. The van der Waals surface area contributed by atoms with E-state index in [9.17, 15) is 4.79 Å². The number of benzene rings is 3. The van der Waals surface area contributed by atoms with E-state index in [1.165, 1.54) is 0 Å². The number of hydrogen-bond acceptors (Lipinski definition) is 3. The van der Waals surface area contributed by atoms with Gasteiger partial charge >= 0.3 is 6.03 Å². The Morgan fingerprint density at radius 3 is 2.59 bits per heavy atom. The van der Waals surface area contributed by atoms with E-state index in [0.717, 1.165) is 38.9 Å². The number of carbonyl (C=O) groups excluding carboxylic acids is 1. The smallest absolute Gasteiger partial charge is 0.315 e. The first-order valence-electron chi connectivity index (χ1n) is 11.9. The van der Waals surface area contributed by atoms with Crippen molar-refractivity contribution < 1.29 is 4.79 Å². The maximum atomic E-state index is 12.9. The molecule has 0 radical (unpaired) electrons. The van der Waals surface area contributed by atoms with Gasteiger partial charge in [0.05, 0.1) is 11.6 Å². The minimum Gasteiger partial charge on any atom is -0.334 e. The average Bonchev–Trinajstić information content (AvgIpc) is 3.47. The first-order valence-corrected chi connectivity index (χ1v) is 12.7. The fraction of sp³-hybridized carbons (Fsp3) is 0.179. The fourth-order valence-corrected chi connectivity index (χ4v) is 4.67. The number of urea groups is 1. The maximum absolute atomic E-state index is 12.9. The summed E-state index contributed by atoms with van der Waals surface area (Å²) >= 11 is 12.8. The van der Waals surface area contributed by atoms with Crippen molar-refractivity contribution in [1.82, 2.24) is 30.8 Å². The normalized spacial score (nSPS) is 12.0. The van der Waals surface area contributed by atoms with Gasteiger partial charge in [-0.2, -0.15) is 5.10 Å². The number of hydrogen-bond donors (Lipinski definition) is 4. The molecule has 0 saturated heterocycles. The van der Waals surface area contributed by atoms with E-state index >= 15 is 0 Å². The van der Waals surface area contributed by atoms with Crippen LogP contribution in [0.3, 0.4) is 0 Å². The number of nitrogens with one attached hydrogen (secondary N) is 4. The second kappa shape index (κ2) is 10.7. The topological polar surface area (TPSA) is 98.5 Å². The Labute approximate surface area is 224 Å². The molecule has 9 heteroatoms. The summed E-state index contributed by atoms with van der Waals surface area (Å²) in [7, 11) is 0. The van der Waals surface area contributed by atoms with Crippen molar-refractivity contribution in [1.29, 1.82) is 0 Å². The zero-order valence-electron chi connectivity index (χ0n) is 20.4. The number of aromatic nitrogens is 4. The van der Waals surface area contributed by atoms with Crippen LogP contribution in [0, 0.1) is 13.8 Å². The molecule has 0 unspecified atom stereocenters. The number of amides is 2. The van der Waals surface area contributed by atoms with Crippen LogP contribution in [0.25, 0.3) is 22.2 Å². The molecule has 0 aliphatic carbocycles. The minimum absolute atomic E-state index is 0.319. The standard InChI is InChI=1S/C28H26Cl2N6O/c1-16-8-9-19(12-22(16)29)15-31-28(37)32-24(13-18-6-4-3-5-7-18)27-33-25(26(30)34-27)20-10-11-21-17(2)35-36-23(21)14-20/h3-12,14,24H,13,15H2,1-2H3,(H,33,34)(H,35,36)(H2,31,32,37)/t24-/m0/s1. The molecule has 188 valence electrons. The molecule has 0 spiro atoms. The van der Waals surface area contributed by atoms with Gasteiger partial charge in [0, 0.05) is 28.2 Å². The second-order valence-corrected chi connectivity index (χ2v) is 9.80. The van der Waals surface area contributed by atoms with E-state index < -0.39 is 6.04 Å². The third kappa shape index (κ3) is 5.63. The van der Waals surface area contributed by atoms with E-state index in [1.54, 1.807) is 0 Å². The molecule has 37 heavy (non-hydrogen) atoms. The minimum atomic E-state index is -0.438. The summed E-state index contributed by atoms with van der Waals surface area (Å²) in [6, 6.07) is 20.8. The van der Waals surface area contributed by atoms with Crippen LogP contribution >= 0.6 is 23.2 Å². The monoisotopic (exact) mass is 532 g/mol. The highest BCUT2D eigenvalue weighted by atomic mass is 35.5. The Bertz CT molecular complexity index is 1560. The highest BCUT2D eigenvalue weighted by Gasteiger charge is 2.22. The molecule has 2 amide bonds. The largest absolute Gasteiger partial charge is 0.334 e. The quantitative estimate of drug-likeness (QED) is 0.188. The van der Waals surface area contributed by atoms with Gasteiger partial charge in [-0.15, -0.1) is 0 Å². The van der Waals surface area contributed by atoms with Crippen LogP contribution in [-0.4, -0.2) is 26.2 Å². The van der Waals surface area contributed by atoms with E-state index in [1.807, 2.05) is 80.6 Å². The van der Waals surface area contributed by atoms with Crippen LogP contribution in [0.15, 0.2) is 66.7 Å². The molecular weight excluding hydrogens is 507 g/mol.